The minimum Gasteiger partial charge on any atom is -0.365 e. The molecule has 2 saturated heterocycles. The van der Waals surface area contributed by atoms with Crippen molar-refractivity contribution in [2.75, 3.05) is 19.7 Å². The van der Waals surface area contributed by atoms with Gasteiger partial charge in [0.15, 0.2) is 0 Å². The number of nitrogens with one attached hydrogen (secondary N) is 2. The van der Waals surface area contributed by atoms with E-state index in [0.717, 1.165) is 38.8 Å². The van der Waals surface area contributed by atoms with E-state index in [1.807, 2.05) is 6.92 Å². The first-order valence-electron chi connectivity index (χ1n) is 6.77. The second kappa shape index (κ2) is 5.36. The van der Waals surface area contributed by atoms with E-state index in [0.29, 0.717) is 12.5 Å². The van der Waals surface area contributed by atoms with Gasteiger partial charge in [0.2, 0.25) is 0 Å². The van der Waals surface area contributed by atoms with Crippen LogP contribution in [-0.2, 0) is 9.53 Å². The van der Waals surface area contributed by atoms with Crippen LogP contribution in [0.5, 0.6) is 0 Å². The maximum absolute atomic E-state index is 12.2. The van der Waals surface area contributed by atoms with Gasteiger partial charge in [-0.05, 0) is 58.5 Å². The molecule has 98 valence electrons. The van der Waals surface area contributed by atoms with Crippen molar-refractivity contribution in [2.24, 2.45) is 5.92 Å². The normalized spacial score (nSPS) is 32.4. The Morgan fingerprint density at radius 1 is 1.47 bits per heavy atom. The Bertz CT molecular complexity index is 269. The van der Waals surface area contributed by atoms with Crippen molar-refractivity contribution in [3.63, 3.8) is 0 Å². The van der Waals surface area contributed by atoms with E-state index in [-0.39, 0.29) is 11.9 Å². The molecule has 0 aromatic carbocycles. The molecule has 0 aromatic rings. The van der Waals surface area contributed by atoms with Gasteiger partial charge in [-0.3, -0.25) is 4.79 Å². The van der Waals surface area contributed by atoms with Crippen LogP contribution in [0.3, 0.4) is 0 Å². The molecule has 0 aliphatic carbocycles. The first-order valence-corrected chi connectivity index (χ1v) is 6.77. The number of hydrogen-bond donors (Lipinski definition) is 2. The third kappa shape index (κ3) is 2.99. The van der Waals surface area contributed by atoms with Crippen molar-refractivity contribution in [2.45, 2.75) is 51.2 Å². The summed E-state index contributed by atoms with van der Waals surface area (Å²) < 4.78 is 5.57. The van der Waals surface area contributed by atoms with Gasteiger partial charge in [-0.2, -0.15) is 0 Å². The molecule has 1 amide bonds. The Morgan fingerprint density at radius 3 is 2.76 bits per heavy atom. The van der Waals surface area contributed by atoms with Crippen molar-refractivity contribution in [1.29, 1.82) is 0 Å². The highest BCUT2D eigenvalue weighted by Gasteiger charge is 2.38. The predicted molar refractivity (Wildman–Crippen MR) is 66.8 cm³/mol. The molecule has 2 heterocycles. The fourth-order valence-corrected chi connectivity index (χ4v) is 2.78. The molecule has 2 fully saturated rings. The number of piperidine rings is 1. The molecule has 2 aliphatic rings. The molecule has 2 rings (SSSR count). The van der Waals surface area contributed by atoms with Gasteiger partial charge >= 0.3 is 0 Å². The van der Waals surface area contributed by atoms with Gasteiger partial charge in [-0.25, -0.2) is 0 Å². The highest BCUT2D eigenvalue weighted by molar-refractivity contribution is 5.85. The van der Waals surface area contributed by atoms with Crippen LogP contribution in [0.25, 0.3) is 0 Å². The summed E-state index contributed by atoms with van der Waals surface area (Å²) in [6, 6.07) is 0.255. The minimum absolute atomic E-state index is 0.0704. The Labute approximate surface area is 103 Å². The van der Waals surface area contributed by atoms with Gasteiger partial charge in [-0.15, -0.1) is 0 Å². The van der Waals surface area contributed by atoms with Crippen molar-refractivity contribution in [3.8, 4) is 0 Å². The molecule has 2 atom stereocenters. The van der Waals surface area contributed by atoms with Crippen LogP contribution in [0.1, 0.15) is 39.5 Å². The first kappa shape index (κ1) is 12.8. The lowest BCUT2D eigenvalue weighted by Gasteiger charge is -2.31. The van der Waals surface area contributed by atoms with E-state index in [1.165, 1.54) is 0 Å². The summed E-state index contributed by atoms with van der Waals surface area (Å²) in [5.74, 6) is 0.672. The van der Waals surface area contributed by atoms with Gasteiger partial charge in [0, 0.05) is 12.6 Å². The summed E-state index contributed by atoms with van der Waals surface area (Å²) in [4.78, 5) is 12.2. The van der Waals surface area contributed by atoms with Crippen LogP contribution >= 0.6 is 0 Å². The summed E-state index contributed by atoms with van der Waals surface area (Å²) in [5, 5.41) is 6.49. The average molecular weight is 240 g/mol. The van der Waals surface area contributed by atoms with Crippen molar-refractivity contribution in [1.82, 2.24) is 10.6 Å². The predicted octanol–water partition coefficient (Wildman–Crippen LogP) is 1.06. The monoisotopic (exact) mass is 240 g/mol. The summed E-state index contributed by atoms with van der Waals surface area (Å²) in [6.07, 6.45) is 4.14. The van der Waals surface area contributed by atoms with Crippen LogP contribution in [0.2, 0.25) is 0 Å². The Morgan fingerprint density at radius 2 is 2.18 bits per heavy atom. The van der Waals surface area contributed by atoms with Crippen LogP contribution in [0.15, 0.2) is 0 Å². The first-order chi connectivity index (χ1) is 8.12. The molecule has 2 N–H and O–H groups in total. The highest BCUT2D eigenvalue weighted by Crippen LogP contribution is 2.26. The fraction of sp³-hybridized carbons (Fsp3) is 0.923. The molecular formula is C13H24N2O2. The third-order valence-corrected chi connectivity index (χ3v) is 4.15. The molecule has 0 saturated carbocycles. The third-order valence-electron chi connectivity index (χ3n) is 4.15. The van der Waals surface area contributed by atoms with E-state index < -0.39 is 5.60 Å². The summed E-state index contributed by atoms with van der Waals surface area (Å²) in [5.41, 5.74) is -0.582. The van der Waals surface area contributed by atoms with Gasteiger partial charge in [0.1, 0.15) is 5.60 Å². The zero-order valence-corrected chi connectivity index (χ0v) is 10.9. The Balaban J connectivity index is 1.84. The summed E-state index contributed by atoms with van der Waals surface area (Å²) >= 11 is 0. The van der Waals surface area contributed by atoms with E-state index in [9.17, 15) is 4.79 Å². The lowest BCUT2D eigenvalue weighted by Crippen LogP contribution is -2.50. The molecule has 0 bridgehead atoms. The van der Waals surface area contributed by atoms with Crippen molar-refractivity contribution >= 4 is 5.91 Å². The Hall–Kier alpha value is -0.610. The maximum Gasteiger partial charge on any atom is 0.252 e. The van der Waals surface area contributed by atoms with Crippen molar-refractivity contribution < 1.29 is 9.53 Å². The van der Waals surface area contributed by atoms with E-state index >= 15 is 0 Å². The largest absolute Gasteiger partial charge is 0.365 e. The molecule has 2 unspecified atom stereocenters. The number of hydrogen-bond acceptors (Lipinski definition) is 3. The number of ether oxygens (including phenoxy) is 1. The highest BCUT2D eigenvalue weighted by atomic mass is 16.5. The molecule has 4 heteroatoms. The zero-order chi connectivity index (χ0) is 12.3. The van der Waals surface area contributed by atoms with Crippen LogP contribution in [0.4, 0.5) is 0 Å². The second-order valence-corrected chi connectivity index (χ2v) is 5.53. The van der Waals surface area contributed by atoms with E-state index in [1.54, 1.807) is 0 Å². The fourth-order valence-electron chi connectivity index (χ4n) is 2.78. The van der Waals surface area contributed by atoms with Crippen LogP contribution < -0.4 is 10.6 Å². The second-order valence-electron chi connectivity index (χ2n) is 5.53. The van der Waals surface area contributed by atoms with Crippen molar-refractivity contribution in [3.05, 3.63) is 0 Å². The SMILES string of the molecule is CC(NC(=O)C1(C)CCCO1)C1CCNCC1. The quantitative estimate of drug-likeness (QED) is 0.775. The topological polar surface area (TPSA) is 50.4 Å². The van der Waals surface area contributed by atoms with Gasteiger partial charge < -0.3 is 15.4 Å². The number of carbonyl (C=O) groups excluding carboxylic acids is 1. The van der Waals surface area contributed by atoms with Gasteiger partial charge in [0.05, 0.1) is 0 Å². The standard InChI is InChI=1S/C13H24N2O2/c1-10(11-4-7-14-8-5-11)15-12(16)13(2)6-3-9-17-13/h10-11,14H,3-9H2,1-2H3,(H,15,16). The average Bonchev–Trinajstić information content (AvgIpc) is 2.78. The Kier molecular flexibility index (Phi) is 4.05. The molecule has 2 aliphatic heterocycles. The van der Waals surface area contributed by atoms with Crippen LogP contribution in [-0.4, -0.2) is 37.2 Å². The molecule has 4 nitrogen and oxygen atoms in total. The van der Waals surface area contributed by atoms with Crippen LogP contribution in [0, 0.1) is 5.92 Å². The lowest BCUT2D eigenvalue weighted by atomic mass is 9.90. The summed E-state index contributed by atoms with van der Waals surface area (Å²) in [6.45, 7) is 6.87. The number of amides is 1. The zero-order valence-electron chi connectivity index (χ0n) is 10.9. The minimum atomic E-state index is -0.582. The smallest absolute Gasteiger partial charge is 0.252 e. The maximum atomic E-state index is 12.2. The molecule has 17 heavy (non-hydrogen) atoms. The van der Waals surface area contributed by atoms with Gasteiger partial charge in [-0.1, -0.05) is 0 Å². The molecular weight excluding hydrogens is 216 g/mol. The number of rotatable bonds is 3. The molecule has 0 spiro atoms. The van der Waals surface area contributed by atoms with E-state index in [4.69, 9.17) is 4.74 Å². The van der Waals surface area contributed by atoms with Gasteiger partial charge in [0.25, 0.3) is 5.91 Å². The summed E-state index contributed by atoms with van der Waals surface area (Å²) in [7, 11) is 0. The molecule has 0 radical (unpaired) electrons. The van der Waals surface area contributed by atoms with E-state index in [2.05, 4.69) is 17.6 Å². The lowest BCUT2D eigenvalue weighted by molar-refractivity contribution is -0.140. The molecule has 0 aromatic heterocycles. The number of carbonyl (C=O) groups is 1.